The number of carbonyl (C=O) groups is 1. The molecule has 1 aliphatic rings. The molecule has 2 N–H and O–H groups in total. The highest BCUT2D eigenvalue weighted by atomic mass is 32.2. The summed E-state index contributed by atoms with van der Waals surface area (Å²) in [6, 6.07) is 9.81. The maximum Gasteiger partial charge on any atom is 0.338 e. The third-order valence-electron chi connectivity index (χ3n) is 5.66. The van der Waals surface area contributed by atoms with Crippen molar-refractivity contribution in [2.75, 3.05) is 5.75 Å². The summed E-state index contributed by atoms with van der Waals surface area (Å²) in [5.41, 5.74) is 9.45. The van der Waals surface area contributed by atoms with Crippen LogP contribution in [0.25, 0.3) is 0 Å². The quantitative estimate of drug-likeness (QED) is 0.450. The van der Waals surface area contributed by atoms with Crippen molar-refractivity contribution in [1.29, 1.82) is 10.5 Å². The Balaban J connectivity index is 2.15. The Bertz CT molecular complexity index is 1340. The minimum absolute atomic E-state index is 0.0158. The Labute approximate surface area is 208 Å². The maximum atomic E-state index is 14.1. The zero-order valence-electron chi connectivity index (χ0n) is 20.1. The molecule has 0 unspecified atom stereocenters. The second kappa shape index (κ2) is 10.6. The number of carbonyl (C=O) groups excluding carboxylic acids is 1. The van der Waals surface area contributed by atoms with Crippen LogP contribution in [-0.4, -0.2) is 22.8 Å². The molecular weight excluding hydrogens is 467 g/mol. The number of thioether (sulfide) groups is 1. The number of hydrogen-bond acceptors (Lipinski definition) is 8. The van der Waals surface area contributed by atoms with Crippen LogP contribution in [-0.2, 0) is 14.3 Å². The van der Waals surface area contributed by atoms with Crippen LogP contribution >= 0.6 is 11.8 Å². The fraction of sp³-hybridized carbons (Fsp3) is 0.308. The summed E-state index contributed by atoms with van der Waals surface area (Å²) in [6.45, 7) is 9.01. The Morgan fingerprint density at radius 2 is 1.97 bits per heavy atom. The average molecular weight is 493 g/mol. The van der Waals surface area contributed by atoms with Gasteiger partial charge in [0.25, 0.3) is 0 Å². The van der Waals surface area contributed by atoms with Crippen molar-refractivity contribution in [3.8, 4) is 12.1 Å². The molecule has 2 heterocycles. The van der Waals surface area contributed by atoms with E-state index in [-0.39, 0.29) is 28.5 Å². The van der Waals surface area contributed by atoms with E-state index in [1.54, 1.807) is 19.9 Å². The van der Waals surface area contributed by atoms with Gasteiger partial charge < -0.3 is 15.2 Å². The number of nitrogens with two attached hydrogens (primary N) is 1. The van der Waals surface area contributed by atoms with Crippen LogP contribution < -0.4 is 5.73 Å². The van der Waals surface area contributed by atoms with E-state index in [2.05, 4.69) is 11.1 Å². The summed E-state index contributed by atoms with van der Waals surface area (Å²) >= 11 is 1.21. The Morgan fingerprint density at radius 3 is 2.57 bits per heavy atom. The molecule has 2 aromatic rings. The normalized spacial score (nSPS) is 15.5. The summed E-state index contributed by atoms with van der Waals surface area (Å²) in [7, 11) is 0. The van der Waals surface area contributed by atoms with Gasteiger partial charge in [-0.3, -0.25) is 0 Å². The molecule has 1 aromatic heterocycles. The third kappa shape index (κ3) is 5.31. The monoisotopic (exact) mass is 492 g/mol. The van der Waals surface area contributed by atoms with Gasteiger partial charge in [-0.25, -0.2) is 14.2 Å². The van der Waals surface area contributed by atoms with Gasteiger partial charge >= 0.3 is 5.97 Å². The second-order valence-electron chi connectivity index (χ2n) is 8.30. The van der Waals surface area contributed by atoms with Crippen LogP contribution in [0.2, 0.25) is 0 Å². The van der Waals surface area contributed by atoms with Crippen LogP contribution in [0.5, 0.6) is 0 Å². The largest absolute Gasteiger partial charge is 0.459 e. The van der Waals surface area contributed by atoms with E-state index in [0.717, 1.165) is 16.8 Å². The zero-order chi connectivity index (χ0) is 25.9. The number of nitriles is 2. The first-order valence-electron chi connectivity index (χ1n) is 10.9. The number of nitrogens with zero attached hydrogens (tertiary/aromatic N) is 3. The van der Waals surface area contributed by atoms with Crippen LogP contribution in [0.15, 0.2) is 52.1 Å². The first kappa shape index (κ1) is 25.8. The summed E-state index contributed by atoms with van der Waals surface area (Å²) in [5.74, 6) is -2.13. The Hall–Kier alpha value is -3.82. The molecule has 180 valence electrons. The SMILES string of the molecule is Cc1nc(SCC2=C(C(=O)OC(C)C)[C@@H](c3cccc(F)c3)C(C#N)=C(N)O2)c(C#N)c(C)c1C. The maximum absolute atomic E-state index is 14.1. The van der Waals surface area contributed by atoms with Crippen LogP contribution in [0.4, 0.5) is 4.39 Å². The van der Waals surface area contributed by atoms with Crippen LogP contribution in [0.3, 0.4) is 0 Å². The molecule has 0 saturated carbocycles. The number of rotatable bonds is 6. The van der Waals surface area contributed by atoms with E-state index in [1.807, 2.05) is 26.8 Å². The number of esters is 1. The molecule has 1 aliphatic heterocycles. The Morgan fingerprint density at radius 1 is 1.26 bits per heavy atom. The fourth-order valence-electron chi connectivity index (χ4n) is 3.73. The van der Waals surface area contributed by atoms with E-state index in [4.69, 9.17) is 15.2 Å². The van der Waals surface area contributed by atoms with Crippen molar-refractivity contribution < 1.29 is 18.7 Å². The highest BCUT2D eigenvalue weighted by Crippen LogP contribution is 2.41. The van der Waals surface area contributed by atoms with E-state index in [9.17, 15) is 19.7 Å². The third-order valence-corrected chi connectivity index (χ3v) is 6.63. The second-order valence-corrected chi connectivity index (χ2v) is 9.26. The number of aromatic nitrogens is 1. The highest BCUT2D eigenvalue weighted by molar-refractivity contribution is 7.99. The lowest BCUT2D eigenvalue weighted by Gasteiger charge is -2.28. The van der Waals surface area contributed by atoms with Gasteiger partial charge in [0, 0.05) is 5.69 Å². The molecule has 1 aromatic carbocycles. The standard InChI is InChI=1S/C26H25FN4O3S/c1-13(2)33-26(32)23-21(12-35-25-19(10-28)15(4)14(3)16(5)31-25)34-24(30)20(11-29)22(23)17-7-6-8-18(27)9-17/h6-9,13,22H,12,30H2,1-5H3/t22-/m0/s1. The molecule has 0 aliphatic carbocycles. The molecule has 0 amide bonds. The molecule has 0 saturated heterocycles. The first-order chi connectivity index (χ1) is 16.6. The first-order valence-corrected chi connectivity index (χ1v) is 11.8. The summed E-state index contributed by atoms with van der Waals surface area (Å²) in [5, 5.41) is 20.0. The van der Waals surface area contributed by atoms with Crippen molar-refractivity contribution in [3.05, 3.63) is 80.8 Å². The summed E-state index contributed by atoms with van der Waals surface area (Å²) < 4.78 is 25.3. The van der Waals surface area contributed by atoms with Crippen molar-refractivity contribution in [2.45, 2.75) is 51.7 Å². The molecule has 0 spiro atoms. The molecular formula is C26H25FN4O3S. The summed E-state index contributed by atoms with van der Waals surface area (Å²) in [6.07, 6.45) is -0.444. The molecule has 0 fully saturated rings. The number of allylic oxidation sites excluding steroid dienone is 1. The molecule has 7 nitrogen and oxygen atoms in total. The number of halogens is 1. The number of ether oxygens (including phenoxy) is 2. The lowest BCUT2D eigenvalue weighted by molar-refractivity contribution is -0.143. The van der Waals surface area contributed by atoms with Crippen molar-refractivity contribution in [1.82, 2.24) is 4.98 Å². The fourth-order valence-corrected chi connectivity index (χ4v) is 4.75. The summed E-state index contributed by atoms with van der Waals surface area (Å²) in [4.78, 5) is 17.8. The minimum atomic E-state index is -0.976. The number of hydrogen-bond donors (Lipinski definition) is 1. The highest BCUT2D eigenvalue weighted by Gasteiger charge is 2.38. The van der Waals surface area contributed by atoms with Gasteiger partial charge in [-0.05, 0) is 63.4 Å². The lowest BCUT2D eigenvalue weighted by Crippen LogP contribution is -2.28. The minimum Gasteiger partial charge on any atom is -0.459 e. The molecule has 35 heavy (non-hydrogen) atoms. The van der Waals surface area contributed by atoms with Gasteiger partial charge in [0.2, 0.25) is 5.88 Å². The van der Waals surface area contributed by atoms with Gasteiger partial charge in [-0.15, -0.1) is 0 Å². The van der Waals surface area contributed by atoms with Gasteiger partial charge in [0.1, 0.15) is 34.3 Å². The molecule has 9 heteroatoms. The van der Waals surface area contributed by atoms with Crippen LogP contribution in [0, 0.1) is 49.3 Å². The average Bonchev–Trinajstić information content (AvgIpc) is 2.80. The van der Waals surface area contributed by atoms with E-state index >= 15 is 0 Å². The van der Waals surface area contributed by atoms with Crippen molar-refractivity contribution >= 4 is 17.7 Å². The van der Waals surface area contributed by atoms with Gasteiger partial charge in [0.15, 0.2) is 0 Å². The van der Waals surface area contributed by atoms with Crippen molar-refractivity contribution in [3.63, 3.8) is 0 Å². The number of pyridine rings is 1. The number of benzene rings is 1. The molecule has 0 bridgehead atoms. The van der Waals surface area contributed by atoms with E-state index in [0.29, 0.717) is 16.2 Å². The van der Waals surface area contributed by atoms with E-state index < -0.39 is 23.8 Å². The Kier molecular flexibility index (Phi) is 7.83. The van der Waals surface area contributed by atoms with Gasteiger partial charge in [-0.2, -0.15) is 10.5 Å². The zero-order valence-corrected chi connectivity index (χ0v) is 20.9. The van der Waals surface area contributed by atoms with Crippen molar-refractivity contribution in [2.24, 2.45) is 5.73 Å². The van der Waals surface area contributed by atoms with Crippen LogP contribution in [0.1, 0.15) is 47.7 Å². The van der Waals surface area contributed by atoms with Gasteiger partial charge in [-0.1, -0.05) is 23.9 Å². The topological polar surface area (TPSA) is 122 Å². The predicted octanol–water partition coefficient (Wildman–Crippen LogP) is 4.82. The molecule has 3 rings (SSSR count). The predicted molar refractivity (Wildman–Crippen MR) is 129 cm³/mol. The number of aryl methyl sites for hydroxylation is 1. The van der Waals surface area contributed by atoms with E-state index in [1.165, 1.54) is 30.0 Å². The molecule has 0 radical (unpaired) electrons. The lowest BCUT2D eigenvalue weighted by atomic mass is 9.83. The van der Waals surface area contributed by atoms with Gasteiger partial charge in [0.05, 0.1) is 28.9 Å². The molecule has 1 atom stereocenters. The smallest absolute Gasteiger partial charge is 0.338 e.